The second-order valence-corrected chi connectivity index (χ2v) is 8.36. The summed E-state index contributed by atoms with van der Waals surface area (Å²) in [6.07, 6.45) is -2.18. The number of hydrogen-bond donors (Lipinski definition) is 1. The molecule has 0 saturated carbocycles. The van der Waals surface area contributed by atoms with Gasteiger partial charge in [-0.05, 0) is 41.8 Å². The summed E-state index contributed by atoms with van der Waals surface area (Å²) in [5.74, 6) is -0.854. The molecule has 0 saturated heterocycles. The molecule has 2 aromatic carbocycles. The maximum Gasteiger partial charge on any atom is 0.416 e. The fourth-order valence-corrected chi connectivity index (χ4v) is 3.74. The van der Waals surface area contributed by atoms with Crippen molar-refractivity contribution in [1.82, 2.24) is 24.6 Å². The number of aromatic nitrogens is 4. The maximum absolute atomic E-state index is 13.3. The zero-order valence-corrected chi connectivity index (χ0v) is 18.8. The van der Waals surface area contributed by atoms with E-state index in [-0.39, 0.29) is 35.0 Å². The molecular weight excluding hydrogens is 466 g/mol. The number of carbonyl (C=O) groups is 1. The highest BCUT2D eigenvalue weighted by molar-refractivity contribution is 5.78. The lowest BCUT2D eigenvalue weighted by Crippen LogP contribution is -2.36. The van der Waals surface area contributed by atoms with Gasteiger partial charge >= 0.3 is 6.18 Å². The van der Waals surface area contributed by atoms with E-state index in [2.05, 4.69) is 15.4 Å². The summed E-state index contributed by atoms with van der Waals surface area (Å²) in [5.41, 5.74) is -0.539. The fourth-order valence-electron chi connectivity index (χ4n) is 3.74. The van der Waals surface area contributed by atoms with E-state index < -0.39 is 29.2 Å². The number of nitrogens with one attached hydrogen (secondary N) is 1. The van der Waals surface area contributed by atoms with Crippen molar-refractivity contribution < 1.29 is 22.4 Å². The van der Waals surface area contributed by atoms with Crippen LogP contribution in [0.3, 0.4) is 0 Å². The van der Waals surface area contributed by atoms with E-state index in [0.717, 1.165) is 33.3 Å². The first kappa shape index (κ1) is 24.1. The van der Waals surface area contributed by atoms with Crippen LogP contribution in [0.5, 0.6) is 0 Å². The van der Waals surface area contributed by atoms with E-state index >= 15 is 0 Å². The van der Waals surface area contributed by atoms with Gasteiger partial charge in [-0.25, -0.2) is 14.1 Å². The highest BCUT2D eigenvalue weighted by Crippen LogP contribution is 2.30. The SMILES string of the molecule is CC(C)C(NC(=O)Cn1cnc2c(cnn2-c2cccc(C(F)(F)F)c2)c1=O)c1ccc(F)cc1. The largest absolute Gasteiger partial charge is 0.416 e. The van der Waals surface area contributed by atoms with Gasteiger partial charge in [0.05, 0.1) is 23.5 Å². The summed E-state index contributed by atoms with van der Waals surface area (Å²) in [4.78, 5) is 29.8. The Morgan fingerprint density at radius 2 is 1.83 bits per heavy atom. The Kier molecular flexibility index (Phi) is 6.42. The second-order valence-electron chi connectivity index (χ2n) is 8.36. The summed E-state index contributed by atoms with van der Waals surface area (Å²) < 4.78 is 54.7. The van der Waals surface area contributed by atoms with Crippen molar-refractivity contribution >= 4 is 16.9 Å². The first-order chi connectivity index (χ1) is 16.5. The van der Waals surface area contributed by atoms with Gasteiger partial charge in [0.1, 0.15) is 24.1 Å². The smallest absolute Gasteiger partial charge is 0.347 e. The zero-order chi connectivity index (χ0) is 25.3. The molecule has 0 aliphatic rings. The van der Waals surface area contributed by atoms with Crippen molar-refractivity contribution in [2.24, 2.45) is 5.92 Å². The molecule has 4 aromatic rings. The molecule has 0 aliphatic carbocycles. The van der Waals surface area contributed by atoms with E-state index in [1.807, 2.05) is 13.8 Å². The summed E-state index contributed by atoms with van der Waals surface area (Å²) in [6.45, 7) is 3.47. The van der Waals surface area contributed by atoms with E-state index in [0.29, 0.717) is 0 Å². The van der Waals surface area contributed by atoms with Crippen LogP contribution in [0.15, 0.2) is 65.8 Å². The molecule has 0 fully saturated rings. The van der Waals surface area contributed by atoms with Crippen LogP contribution in [0.4, 0.5) is 17.6 Å². The lowest BCUT2D eigenvalue weighted by Gasteiger charge is -2.23. The summed E-state index contributed by atoms with van der Waals surface area (Å²) in [7, 11) is 0. The van der Waals surface area contributed by atoms with Gasteiger partial charge in [-0.3, -0.25) is 14.2 Å². The van der Waals surface area contributed by atoms with Crippen molar-refractivity contribution in [3.63, 3.8) is 0 Å². The van der Waals surface area contributed by atoms with Crippen LogP contribution in [0.25, 0.3) is 16.7 Å². The minimum absolute atomic E-state index is 0.00701. The molecule has 1 atom stereocenters. The average molecular weight is 487 g/mol. The standard InChI is InChI=1S/C24H21F4N5O2/c1-14(2)21(15-6-8-17(25)9-7-15)31-20(34)12-32-13-29-22-19(23(32)35)11-30-33(22)18-5-3-4-16(10-18)24(26,27)28/h3-11,13-14,21H,12H2,1-2H3,(H,31,34). The number of carbonyl (C=O) groups excluding carboxylic acids is 1. The molecule has 0 radical (unpaired) electrons. The third-order valence-corrected chi connectivity index (χ3v) is 5.50. The fraction of sp³-hybridized carbons (Fsp3) is 0.250. The second kappa shape index (κ2) is 9.32. The maximum atomic E-state index is 13.3. The number of benzene rings is 2. The normalized spacial score (nSPS) is 12.8. The molecule has 4 rings (SSSR count). The molecule has 1 N–H and O–H groups in total. The molecule has 1 unspecified atom stereocenters. The minimum Gasteiger partial charge on any atom is -0.347 e. The monoisotopic (exact) mass is 487 g/mol. The van der Waals surface area contributed by atoms with Crippen LogP contribution in [0.2, 0.25) is 0 Å². The third kappa shape index (κ3) is 5.08. The van der Waals surface area contributed by atoms with Gasteiger partial charge in [-0.2, -0.15) is 18.3 Å². The molecule has 11 heteroatoms. The Labute approximate surface area is 197 Å². The summed E-state index contributed by atoms with van der Waals surface area (Å²) >= 11 is 0. The van der Waals surface area contributed by atoms with Crippen LogP contribution in [-0.2, 0) is 17.5 Å². The van der Waals surface area contributed by atoms with E-state index in [1.54, 1.807) is 12.1 Å². The molecule has 0 spiro atoms. The molecular formula is C24H21F4N5O2. The van der Waals surface area contributed by atoms with Crippen LogP contribution in [0.1, 0.15) is 31.0 Å². The number of nitrogens with zero attached hydrogens (tertiary/aromatic N) is 4. The quantitative estimate of drug-likeness (QED) is 0.412. The predicted molar refractivity (Wildman–Crippen MR) is 120 cm³/mol. The lowest BCUT2D eigenvalue weighted by atomic mass is 9.96. The topological polar surface area (TPSA) is 81.8 Å². The molecule has 35 heavy (non-hydrogen) atoms. The van der Waals surface area contributed by atoms with Crippen molar-refractivity contribution in [2.75, 3.05) is 0 Å². The van der Waals surface area contributed by atoms with E-state index in [4.69, 9.17) is 0 Å². The van der Waals surface area contributed by atoms with Gasteiger partial charge in [-0.15, -0.1) is 0 Å². The molecule has 2 aromatic heterocycles. The van der Waals surface area contributed by atoms with Crippen molar-refractivity contribution in [3.8, 4) is 5.69 Å². The molecule has 2 heterocycles. The number of rotatable bonds is 6. The lowest BCUT2D eigenvalue weighted by molar-refractivity contribution is -0.137. The Balaban J connectivity index is 1.59. The summed E-state index contributed by atoms with van der Waals surface area (Å²) in [5, 5.41) is 6.93. The highest BCUT2D eigenvalue weighted by Gasteiger charge is 2.30. The van der Waals surface area contributed by atoms with Gasteiger partial charge in [0.25, 0.3) is 5.56 Å². The molecule has 7 nitrogen and oxygen atoms in total. The van der Waals surface area contributed by atoms with Crippen molar-refractivity contribution in [2.45, 2.75) is 32.6 Å². The Morgan fingerprint density at radius 3 is 2.49 bits per heavy atom. The van der Waals surface area contributed by atoms with Gasteiger partial charge in [-0.1, -0.05) is 32.0 Å². The molecule has 0 aliphatic heterocycles. The van der Waals surface area contributed by atoms with Gasteiger partial charge in [0.2, 0.25) is 5.91 Å². The Morgan fingerprint density at radius 1 is 1.11 bits per heavy atom. The number of halogens is 4. The van der Waals surface area contributed by atoms with Crippen LogP contribution in [-0.4, -0.2) is 25.2 Å². The molecule has 182 valence electrons. The van der Waals surface area contributed by atoms with Crippen LogP contribution in [0, 0.1) is 11.7 Å². The number of alkyl halides is 3. The summed E-state index contributed by atoms with van der Waals surface area (Å²) in [6, 6.07) is 9.89. The number of hydrogen-bond acceptors (Lipinski definition) is 4. The van der Waals surface area contributed by atoms with Gasteiger partial charge in [0.15, 0.2) is 5.65 Å². The minimum atomic E-state index is -4.53. The zero-order valence-electron chi connectivity index (χ0n) is 18.8. The predicted octanol–water partition coefficient (Wildman–Crippen LogP) is 4.25. The number of fused-ring (bicyclic) bond motifs is 1. The van der Waals surface area contributed by atoms with E-state index in [9.17, 15) is 27.2 Å². The molecule has 1 amide bonds. The first-order valence-electron chi connectivity index (χ1n) is 10.7. The van der Waals surface area contributed by atoms with Crippen LogP contribution >= 0.6 is 0 Å². The average Bonchev–Trinajstić information content (AvgIpc) is 3.24. The van der Waals surface area contributed by atoms with Crippen molar-refractivity contribution in [3.05, 3.63) is 88.4 Å². The third-order valence-electron chi connectivity index (χ3n) is 5.50. The van der Waals surface area contributed by atoms with E-state index in [1.165, 1.54) is 30.5 Å². The Hall–Kier alpha value is -4.02. The van der Waals surface area contributed by atoms with Crippen molar-refractivity contribution in [1.29, 1.82) is 0 Å². The first-order valence-corrected chi connectivity index (χ1v) is 10.7. The molecule has 0 bridgehead atoms. The van der Waals surface area contributed by atoms with Gasteiger partial charge in [0, 0.05) is 0 Å². The van der Waals surface area contributed by atoms with Crippen LogP contribution < -0.4 is 10.9 Å². The van der Waals surface area contributed by atoms with Gasteiger partial charge < -0.3 is 5.32 Å². The Bertz CT molecular complexity index is 1420. The number of amides is 1. The highest BCUT2D eigenvalue weighted by atomic mass is 19.4.